The fourth-order valence-corrected chi connectivity index (χ4v) is 4.15. The van der Waals surface area contributed by atoms with Gasteiger partial charge in [0.1, 0.15) is 5.75 Å². The van der Waals surface area contributed by atoms with E-state index in [-0.39, 0.29) is 22.3 Å². The van der Waals surface area contributed by atoms with Crippen LogP contribution in [0.5, 0.6) is 5.75 Å². The topological polar surface area (TPSA) is 63.7 Å². The first kappa shape index (κ1) is 22.4. The van der Waals surface area contributed by atoms with Crippen LogP contribution in [0.3, 0.4) is 0 Å². The van der Waals surface area contributed by atoms with Gasteiger partial charge in [-0.25, -0.2) is 8.42 Å². The van der Waals surface area contributed by atoms with Crippen LogP contribution in [-0.2, 0) is 16.3 Å². The fourth-order valence-electron chi connectivity index (χ4n) is 3.31. The van der Waals surface area contributed by atoms with Crippen molar-refractivity contribution in [2.24, 2.45) is 0 Å². The summed E-state index contributed by atoms with van der Waals surface area (Å²) < 4.78 is 68.0. The van der Waals surface area contributed by atoms with Gasteiger partial charge in [-0.3, -0.25) is 4.79 Å². The van der Waals surface area contributed by atoms with Gasteiger partial charge in [-0.1, -0.05) is 11.6 Å². The number of carbonyl (C=O) groups excluding carboxylic acids is 1. The highest BCUT2D eigenvalue weighted by atomic mass is 35.5. The second-order valence-electron chi connectivity index (χ2n) is 7.23. The molecule has 1 unspecified atom stereocenters. The van der Waals surface area contributed by atoms with E-state index in [1.165, 1.54) is 4.90 Å². The third kappa shape index (κ3) is 4.41. The van der Waals surface area contributed by atoms with Gasteiger partial charge < -0.3 is 9.64 Å². The highest BCUT2D eigenvalue weighted by molar-refractivity contribution is 7.90. The molecule has 5 nitrogen and oxygen atoms in total. The summed E-state index contributed by atoms with van der Waals surface area (Å²) in [6, 6.07) is 7.92. The minimum absolute atomic E-state index is 0.193. The van der Waals surface area contributed by atoms with Gasteiger partial charge in [0.2, 0.25) is 0 Å². The number of nitrogens with zero attached hydrogens (tertiary/aromatic N) is 1. The molecular formula is C20H19ClF3NO4S. The lowest BCUT2D eigenvalue weighted by molar-refractivity contribution is -0.189. The van der Waals surface area contributed by atoms with E-state index >= 15 is 0 Å². The molecule has 0 bridgehead atoms. The van der Waals surface area contributed by atoms with E-state index in [4.69, 9.17) is 16.3 Å². The first-order valence-corrected chi connectivity index (χ1v) is 11.3. The molecule has 0 N–H and O–H groups in total. The van der Waals surface area contributed by atoms with Crippen molar-refractivity contribution in [3.05, 3.63) is 52.5 Å². The molecule has 0 radical (unpaired) electrons. The van der Waals surface area contributed by atoms with Crippen LogP contribution in [0.1, 0.15) is 29.8 Å². The van der Waals surface area contributed by atoms with Crippen molar-refractivity contribution in [3.63, 3.8) is 0 Å². The average molecular weight is 462 g/mol. The fraction of sp³-hybridized carbons (Fsp3) is 0.350. The molecule has 162 valence electrons. The van der Waals surface area contributed by atoms with Crippen molar-refractivity contribution in [2.45, 2.75) is 43.5 Å². The van der Waals surface area contributed by atoms with Gasteiger partial charge in [-0.15, -0.1) is 0 Å². The van der Waals surface area contributed by atoms with E-state index in [2.05, 4.69) is 0 Å². The van der Waals surface area contributed by atoms with Gasteiger partial charge in [0.25, 0.3) is 5.91 Å². The van der Waals surface area contributed by atoms with E-state index in [1.807, 2.05) is 0 Å². The van der Waals surface area contributed by atoms with Crippen LogP contribution in [0.25, 0.3) is 0 Å². The Kier molecular flexibility index (Phi) is 5.81. The third-order valence-electron chi connectivity index (χ3n) is 4.85. The number of carbonyl (C=O) groups is 1. The number of rotatable bonds is 4. The zero-order chi connectivity index (χ0) is 22.4. The molecule has 10 heteroatoms. The summed E-state index contributed by atoms with van der Waals surface area (Å²) in [6.45, 7) is 2.60. The van der Waals surface area contributed by atoms with E-state index in [1.54, 1.807) is 25.1 Å². The molecule has 0 fully saturated rings. The minimum atomic E-state index is -4.65. The average Bonchev–Trinajstić information content (AvgIpc) is 2.94. The number of benzene rings is 2. The van der Waals surface area contributed by atoms with Crippen molar-refractivity contribution in [2.75, 3.05) is 11.2 Å². The molecular weight excluding hydrogens is 443 g/mol. The van der Waals surface area contributed by atoms with E-state index < -0.39 is 28.0 Å². The number of anilines is 1. The Morgan fingerprint density at radius 2 is 1.90 bits per heavy atom. The Balaban J connectivity index is 2.10. The molecule has 1 heterocycles. The largest absolute Gasteiger partial charge is 0.480 e. The maximum absolute atomic E-state index is 13.4. The molecule has 0 saturated heterocycles. The van der Waals surface area contributed by atoms with Gasteiger partial charge in [-0.2, -0.15) is 13.2 Å². The van der Waals surface area contributed by atoms with Gasteiger partial charge in [-0.05, 0) is 62.2 Å². The van der Waals surface area contributed by atoms with E-state index in [0.717, 1.165) is 36.9 Å². The molecule has 2 aromatic carbocycles. The molecule has 0 saturated carbocycles. The van der Waals surface area contributed by atoms with Gasteiger partial charge in [0.05, 0.1) is 10.5 Å². The Hall–Kier alpha value is -2.26. The molecule has 0 spiro atoms. The number of halogens is 4. The molecule has 2 atom stereocenters. The number of hydrogen-bond acceptors (Lipinski definition) is 4. The maximum Gasteiger partial charge on any atom is 0.425 e. The normalized spacial score (nSPS) is 17.6. The van der Waals surface area contributed by atoms with Crippen molar-refractivity contribution in [1.82, 2.24) is 0 Å². The second kappa shape index (κ2) is 7.77. The number of ether oxygens (including phenoxy) is 1. The summed E-state index contributed by atoms with van der Waals surface area (Å²) >= 11 is 6.01. The number of hydrogen-bond donors (Lipinski definition) is 0. The van der Waals surface area contributed by atoms with Crippen molar-refractivity contribution < 1.29 is 31.1 Å². The van der Waals surface area contributed by atoms with E-state index in [9.17, 15) is 26.4 Å². The molecule has 1 amide bonds. The van der Waals surface area contributed by atoms with Crippen LogP contribution < -0.4 is 9.64 Å². The maximum atomic E-state index is 13.4. The SMILES string of the molecule is CC1Cc2cc(Cl)ccc2N1C(=O)c1cc(S(C)(=O)=O)ccc1O[C@@H](C)C(F)(F)F. The Bertz CT molecular complexity index is 1100. The molecule has 1 aliphatic rings. The van der Waals surface area contributed by atoms with Crippen LogP contribution in [0.2, 0.25) is 5.02 Å². The third-order valence-corrected chi connectivity index (χ3v) is 6.20. The summed E-state index contributed by atoms with van der Waals surface area (Å²) in [5.41, 5.74) is 1.12. The Labute approximate surface area is 177 Å². The summed E-state index contributed by atoms with van der Waals surface area (Å²) in [5.74, 6) is -0.995. The summed E-state index contributed by atoms with van der Waals surface area (Å²) in [7, 11) is -3.70. The molecule has 0 aliphatic carbocycles. The van der Waals surface area contributed by atoms with Crippen LogP contribution >= 0.6 is 11.6 Å². The van der Waals surface area contributed by atoms with Crippen LogP contribution in [0.15, 0.2) is 41.3 Å². The Morgan fingerprint density at radius 3 is 2.50 bits per heavy atom. The van der Waals surface area contributed by atoms with Crippen molar-refractivity contribution in [3.8, 4) is 5.75 Å². The number of sulfone groups is 1. The molecule has 1 aliphatic heterocycles. The lowest BCUT2D eigenvalue weighted by atomic mass is 10.1. The number of amides is 1. The molecule has 30 heavy (non-hydrogen) atoms. The number of fused-ring (bicyclic) bond motifs is 1. The summed E-state index contributed by atoms with van der Waals surface area (Å²) in [6.07, 6.45) is -5.39. The lowest BCUT2D eigenvalue weighted by Gasteiger charge is -2.25. The first-order chi connectivity index (χ1) is 13.8. The summed E-state index contributed by atoms with van der Waals surface area (Å²) in [4.78, 5) is 14.6. The predicted octanol–water partition coefficient (Wildman–Crippen LogP) is 4.66. The molecule has 0 aromatic heterocycles. The lowest BCUT2D eigenvalue weighted by Crippen LogP contribution is -2.37. The van der Waals surface area contributed by atoms with Crippen LogP contribution in [0, 0.1) is 0 Å². The monoisotopic (exact) mass is 461 g/mol. The molecule has 3 rings (SSSR count). The van der Waals surface area contributed by atoms with Crippen LogP contribution in [-0.4, -0.2) is 38.9 Å². The van der Waals surface area contributed by atoms with E-state index in [0.29, 0.717) is 17.1 Å². The van der Waals surface area contributed by atoms with Gasteiger partial charge in [0.15, 0.2) is 15.9 Å². The van der Waals surface area contributed by atoms with Gasteiger partial charge >= 0.3 is 6.18 Å². The highest BCUT2D eigenvalue weighted by Crippen LogP contribution is 2.37. The second-order valence-corrected chi connectivity index (χ2v) is 9.69. The quantitative estimate of drug-likeness (QED) is 0.664. The zero-order valence-corrected chi connectivity index (χ0v) is 17.9. The minimum Gasteiger partial charge on any atom is -0.480 e. The molecule has 2 aromatic rings. The van der Waals surface area contributed by atoms with Crippen molar-refractivity contribution in [1.29, 1.82) is 0 Å². The Morgan fingerprint density at radius 1 is 1.23 bits per heavy atom. The highest BCUT2D eigenvalue weighted by Gasteiger charge is 2.39. The standard InChI is InChI=1S/C20H19ClF3NO4S/c1-11-8-13-9-14(21)4-6-17(13)25(11)19(26)16-10-15(30(3,27)28)5-7-18(16)29-12(2)20(22,23)24/h4-7,9-12H,8H2,1-3H3/t11?,12-/m0/s1. The van der Waals surface area contributed by atoms with Gasteiger partial charge in [0, 0.05) is 23.0 Å². The zero-order valence-electron chi connectivity index (χ0n) is 16.3. The first-order valence-electron chi connectivity index (χ1n) is 8.98. The predicted molar refractivity (Wildman–Crippen MR) is 107 cm³/mol. The summed E-state index contributed by atoms with van der Waals surface area (Å²) in [5, 5.41) is 0.498. The van der Waals surface area contributed by atoms with Crippen molar-refractivity contribution >= 4 is 33.0 Å². The smallest absolute Gasteiger partial charge is 0.425 e. The van der Waals surface area contributed by atoms with Crippen LogP contribution in [0.4, 0.5) is 18.9 Å². The number of alkyl halides is 3.